The molecule has 1 atom stereocenters. The fraction of sp³-hybridized carbons (Fsp3) is 0.500. The summed E-state index contributed by atoms with van der Waals surface area (Å²) in [6.45, 7) is 4.01. The molecule has 0 aliphatic rings. The van der Waals surface area contributed by atoms with Crippen molar-refractivity contribution in [3.8, 4) is 0 Å². The predicted octanol–water partition coefficient (Wildman–Crippen LogP) is 1.62. The summed E-state index contributed by atoms with van der Waals surface area (Å²) in [5, 5.41) is 7.59. The van der Waals surface area contributed by atoms with Gasteiger partial charge in [-0.05, 0) is 17.9 Å². The summed E-state index contributed by atoms with van der Waals surface area (Å²) < 4.78 is 27.4. The predicted molar refractivity (Wildman–Crippen MR) is 81.0 cm³/mol. The lowest BCUT2D eigenvalue weighted by Gasteiger charge is -2.19. The molecule has 7 heteroatoms. The molecule has 0 aliphatic heterocycles. The zero-order chi connectivity index (χ0) is 15.9. The van der Waals surface area contributed by atoms with Gasteiger partial charge in [-0.2, -0.15) is 0 Å². The lowest BCUT2D eigenvalue weighted by atomic mass is 10.1. The smallest absolute Gasteiger partial charge is 0.407 e. The van der Waals surface area contributed by atoms with Crippen LogP contribution in [0.2, 0.25) is 0 Å². The third-order valence-electron chi connectivity index (χ3n) is 2.72. The Morgan fingerprint density at radius 3 is 2.43 bits per heavy atom. The Morgan fingerprint density at radius 2 is 1.90 bits per heavy atom. The topological polar surface area (TPSA) is 98.5 Å². The number of hydrogen-bond donors (Lipinski definition) is 2. The van der Waals surface area contributed by atoms with Gasteiger partial charge in [-0.3, -0.25) is 0 Å². The van der Waals surface area contributed by atoms with Crippen molar-refractivity contribution in [1.29, 1.82) is 0 Å². The summed E-state index contributed by atoms with van der Waals surface area (Å²) in [6, 6.07) is 8.68. The molecule has 0 fully saturated rings. The molecule has 1 rings (SSSR count). The minimum Gasteiger partial charge on any atom is -0.445 e. The van der Waals surface area contributed by atoms with Crippen molar-refractivity contribution in [2.45, 2.75) is 32.9 Å². The van der Waals surface area contributed by atoms with Gasteiger partial charge in [0, 0.05) is 6.04 Å². The van der Waals surface area contributed by atoms with Crippen LogP contribution in [-0.2, 0) is 21.4 Å². The van der Waals surface area contributed by atoms with E-state index in [1.807, 2.05) is 44.2 Å². The van der Waals surface area contributed by atoms with E-state index >= 15 is 0 Å². The summed E-state index contributed by atoms with van der Waals surface area (Å²) in [4.78, 5) is 11.7. The molecule has 118 valence electrons. The van der Waals surface area contributed by atoms with Crippen molar-refractivity contribution in [1.82, 2.24) is 5.32 Å². The van der Waals surface area contributed by atoms with Gasteiger partial charge < -0.3 is 10.1 Å². The lowest BCUT2D eigenvalue weighted by molar-refractivity contribution is 0.135. The van der Waals surface area contributed by atoms with Crippen LogP contribution in [0.15, 0.2) is 30.3 Å². The number of amides is 1. The van der Waals surface area contributed by atoms with Gasteiger partial charge in [0.15, 0.2) is 0 Å². The molecule has 0 radical (unpaired) electrons. The van der Waals surface area contributed by atoms with Gasteiger partial charge in [-0.25, -0.2) is 18.4 Å². The zero-order valence-electron chi connectivity index (χ0n) is 12.3. The van der Waals surface area contributed by atoms with E-state index < -0.39 is 22.2 Å². The average Bonchev–Trinajstić information content (AvgIpc) is 2.34. The minimum absolute atomic E-state index is 0.135. The van der Waals surface area contributed by atoms with Crippen molar-refractivity contribution in [2.75, 3.05) is 5.75 Å². The monoisotopic (exact) mass is 314 g/mol. The number of ether oxygens (including phenoxy) is 1. The Bertz CT molecular complexity index is 543. The largest absolute Gasteiger partial charge is 0.445 e. The summed E-state index contributed by atoms with van der Waals surface area (Å²) in [5.74, 6) is -0.0720. The van der Waals surface area contributed by atoms with E-state index in [9.17, 15) is 13.2 Å². The Balaban J connectivity index is 2.51. The van der Waals surface area contributed by atoms with Crippen LogP contribution < -0.4 is 10.5 Å². The molecule has 0 spiro atoms. The summed E-state index contributed by atoms with van der Waals surface area (Å²) in [7, 11) is -3.65. The number of alkyl carbamates (subject to hydrolysis) is 1. The van der Waals surface area contributed by atoms with Crippen molar-refractivity contribution in [2.24, 2.45) is 11.1 Å². The summed E-state index contributed by atoms with van der Waals surface area (Å²) in [6.07, 6.45) is -0.134. The van der Waals surface area contributed by atoms with E-state index in [-0.39, 0.29) is 18.3 Å². The van der Waals surface area contributed by atoms with Gasteiger partial charge in [-0.15, -0.1) is 0 Å². The number of nitrogens with one attached hydrogen (secondary N) is 1. The number of nitrogens with two attached hydrogens (primary N) is 1. The fourth-order valence-corrected chi connectivity index (χ4v) is 2.73. The molecule has 0 bridgehead atoms. The molecule has 1 aromatic carbocycles. The third kappa shape index (κ3) is 8.31. The highest BCUT2D eigenvalue weighted by Gasteiger charge is 2.20. The second-order valence-corrected chi connectivity index (χ2v) is 7.02. The number of sulfonamides is 1. The molecule has 0 aliphatic carbocycles. The molecule has 1 aromatic rings. The van der Waals surface area contributed by atoms with Gasteiger partial charge >= 0.3 is 6.09 Å². The Labute approximate surface area is 125 Å². The Morgan fingerprint density at radius 1 is 1.29 bits per heavy atom. The quantitative estimate of drug-likeness (QED) is 0.799. The fourth-order valence-electron chi connectivity index (χ4n) is 1.95. The first kappa shape index (κ1) is 17.5. The molecule has 0 heterocycles. The first-order valence-electron chi connectivity index (χ1n) is 6.74. The van der Waals surface area contributed by atoms with E-state index in [1.54, 1.807) is 0 Å². The molecule has 1 amide bonds. The van der Waals surface area contributed by atoms with Gasteiger partial charge in [-0.1, -0.05) is 44.2 Å². The van der Waals surface area contributed by atoms with Crippen LogP contribution in [0.3, 0.4) is 0 Å². The zero-order valence-corrected chi connectivity index (χ0v) is 13.1. The number of carbonyl (C=O) groups excluding carboxylic acids is 1. The average molecular weight is 314 g/mol. The van der Waals surface area contributed by atoms with Crippen LogP contribution in [0, 0.1) is 5.92 Å². The summed E-state index contributed by atoms with van der Waals surface area (Å²) >= 11 is 0. The Hall–Kier alpha value is -1.60. The molecular formula is C14H22N2O4S. The highest BCUT2D eigenvalue weighted by Crippen LogP contribution is 2.07. The second kappa shape index (κ2) is 7.99. The molecule has 0 aromatic heterocycles. The normalized spacial score (nSPS) is 13.0. The van der Waals surface area contributed by atoms with Crippen LogP contribution in [-0.4, -0.2) is 26.3 Å². The SMILES string of the molecule is CC(C)C[C@@H](CS(N)(=O)=O)NC(=O)OCc1ccccc1. The van der Waals surface area contributed by atoms with Crippen LogP contribution >= 0.6 is 0 Å². The maximum atomic E-state index is 11.7. The van der Waals surface area contributed by atoms with Gasteiger partial charge in [0.05, 0.1) is 5.75 Å². The van der Waals surface area contributed by atoms with Crippen molar-refractivity contribution >= 4 is 16.1 Å². The molecule has 0 saturated heterocycles. The van der Waals surface area contributed by atoms with Crippen molar-refractivity contribution in [3.05, 3.63) is 35.9 Å². The van der Waals surface area contributed by atoms with Gasteiger partial charge in [0.1, 0.15) is 6.61 Å². The highest BCUT2D eigenvalue weighted by atomic mass is 32.2. The molecule has 0 unspecified atom stereocenters. The molecule has 0 saturated carbocycles. The second-order valence-electron chi connectivity index (χ2n) is 5.36. The lowest BCUT2D eigenvalue weighted by Crippen LogP contribution is -2.42. The maximum Gasteiger partial charge on any atom is 0.407 e. The number of primary sulfonamides is 1. The van der Waals surface area contributed by atoms with E-state index in [0.29, 0.717) is 6.42 Å². The third-order valence-corrected chi connectivity index (χ3v) is 3.59. The molecule has 6 nitrogen and oxygen atoms in total. The van der Waals surface area contributed by atoms with Crippen LogP contribution in [0.1, 0.15) is 25.8 Å². The van der Waals surface area contributed by atoms with Gasteiger partial charge in [0.25, 0.3) is 0 Å². The number of carbonyl (C=O) groups is 1. The van der Waals surface area contributed by atoms with Crippen molar-refractivity contribution < 1.29 is 17.9 Å². The van der Waals surface area contributed by atoms with Crippen LogP contribution in [0.5, 0.6) is 0 Å². The first-order valence-corrected chi connectivity index (χ1v) is 8.45. The van der Waals surface area contributed by atoms with Crippen LogP contribution in [0.4, 0.5) is 4.79 Å². The standard InChI is InChI=1S/C14H22N2O4S/c1-11(2)8-13(10-21(15,18)19)16-14(17)20-9-12-6-4-3-5-7-12/h3-7,11,13H,8-10H2,1-2H3,(H,16,17)(H2,15,18,19)/t13-/m0/s1. The minimum atomic E-state index is -3.65. The van der Waals surface area contributed by atoms with Crippen molar-refractivity contribution in [3.63, 3.8) is 0 Å². The number of benzene rings is 1. The van der Waals surface area contributed by atoms with Gasteiger partial charge in [0.2, 0.25) is 10.0 Å². The molecule has 3 N–H and O–H groups in total. The van der Waals surface area contributed by atoms with E-state index in [1.165, 1.54) is 0 Å². The number of rotatable bonds is 7. The maximum absolute atomic E-state index is 11.7. The van der Waals surface area contributed by atoms with E-state index in [4.69, 9.17) is 9.88 Å². The summed E-state index contributed by atoms with van der Waals surface area (Å²) in [5.41, 5.74) is 0.861. The highest BCUT2D eigenvalue weighted by molar-refractivity contribution is 7.89. The Kier molecular flexibility index (Phi) is 6.64. The van der Waals surface area contributed by atoms with E-state index in [0.717, 1.165) is 5.56 Å². The van der Waals surface area contributed by atoms with Crippen LogP contribution in [0.25, 0.3) is 0 Å². The van der Waals surface area contributed by atoms with E-state index in [2.05, 4.69) is 5.32 Å². The first-order chi connectivity index (χ1) is 9.76. The number of hydrogen-bond acceptors (Lipinski definition) is 4. The molecular weight excluding hydrogens is 292 g/mol. The molecule has 21 heavy (non-hydrogen) atoms.